The quantitative estimate of drug-likeness (QED) is 0.763. The zero-order valence-corrected chi connectivity index (χ0v) is 11.2. The van der Waals surface area contributed by atoms with E-state index in [0.717, 1.165) is 38.3 Å². The maximum atomic E-state index is 5.93. The summed E-state index contributed by atoms with van der Waals surface area (Å²) in [7, 11) is 0. The molecule has 0 radical (unpaired) electrons. The molecule has 1 saturated heterocycles. The monoisotopic (exact) mass is 263 g/mol. The molecule has 1 aliphatic heterocycles. The van der Waals surface area contributed by atoms with Crippen LogP contribution in [0.3, 0.4) is 0 Å². The molecule has 4 heteroatoms. The molecule has 1 aromatic rings. The van der Waals surface area contributed by atoms with E-state index in [4.69, 9.17) is 13.9 Å². The maximum Gasteiger partial charge on any atom is 0.117 e. The summed E-state index contributed by atoms with van der Waals surface area (Å²) in [5.41, 5.74) is 0. The highest BCUT2D eigenvalue weighted by atomic mass is 16.5. The summed E-state index contributed by atoms with van der Waals surface area (Å²) >= 11 is 0. The van der Waals surface area contributed by atoms with E-state index in [0.29, 0.717) is 12.6 Å². The smallest absolute Gasteiger partial charge is 0.117 e. The van der Waals surface area contributed by atoms with Crippen molar-refractivity contribution in [3.05, 3.63) is 36.8 Å². The van der Waals surface area contributed by atoms with Crippen LogP contribution in [0.25, 0.3) is 0 Å². The molecule has 1 saturated carbocycles. The highest BCUT2D eigenvalue weighted by Gasteiger charge is 2.42. The molecule has 3 atom stereocenters. The Morgan fingerprint density at radius 2 is 2.42 bits per heavy atom. The largest absolute Gasteiger partial charge is 0.468 e. The van der Waals surface area contributed by atoms with Gasteiger partial charge in [-0.05, 0) is 25.0 Å². The average Bonchev–Trinajstić information content (AvgIpc) is 2.99. The molecular weight excluding hydrogens is 242 g/mol. The normalized spacial score (nSPS) is 31.3. The molecule has 2 fully saturated rings. The maximum absolute atomic E-state index is 5.93. The van der Waals surface area contributed by atoms with E-state index in [2.05, 4.69) is 11.5 Å². The van der Waals surface area contributed by atoms with Crippen LogP contribution in [0, 0.1) is 0 Å². The molecule has 1 aliphatic carbocycles. The lowest BCUT2D eigenvalue weighted by Gasteiger charge is -2.30. The van der Waals surface area contributed by atoms with Crippen LogP contribution in [0.5, 0.6) is 0 Å². The SMILES string of the molecule is C=CCO[C@@H]1[C@H]2CC[C@H]1OCCN2Cc1ccco1. The molecule has 2 bridgehead atoms. The summed E-state index contributed by atoms with van der Waals surface area (Å²) in [4.78, 5) is 2.43. The van der Waals surface area contributed by atoms with E-state index in [1.54, 1.807) is 12.3 Å². The third-order valence-electron chi connectivity index (χ3n) is 4.02. The van der Waals surface area contributed by atoms with Gasteiger partial charge in [-0.15, -0.1) is 6.58 Å². The third-order valence-corrected chi connectivity index (χ3v) is 4.02. The predicted octanol–water partition coefficient (Wildman–Crippen LogP) is 2.21. The van der Waals surface area contributed by atoms with Crippen LogP contribution in [0.1, 0.15) is 18.6 Å². The molecule has 0 aromatic carbocycles. The number of ether oxygens (including phenoxy) is 2. The molecule has 3 rings (SSSR count). The minimum atomic E-state index is 0.162. The van der Waals surface area contributed by atoms with Crippen LogP contribution in [-0.4, -0.2) is 42.9 Å². The Bertz CT molecular complexity index is 404. The molecule has 0 unspecified atom stereocenters. The number of nitrogens with zero attached hydrogens (tertiary/aromatic N) is 1. The summed E-state index contributed by atoms with van der Waals surface area (Å²) in [5.74, 6) is 1.01. The van der Waals surface area contributed by atoms with Crippen LogP contribution in [0.2, 0.25) is 0 Å². The van der Waals surface area contributed by atoms with Gasteiger partial charge in [0, 0.05) is 12.6 Å². The molecule has 104 valence electrons. The van der Waals surface area contributed by atoms with Gasteiger partial charge in [-0.2, -0.15) is 0 Å². The van der Waals surface area contributed by atoms with Crippen LogP contribution in [0.4, 0.5) is 0 Å². The van der Waals surface area contributed by atoms with Gasteiger partial charge in [-0.1, -0.05) is 6.08 Å². The summed E-state index contributed by atoms with van der Waals surface area (Å²) in [6.07, 6.45) is 6.16. The summed E-state index contributed by atoms with van der Waals surface area (Å²) in [6.45, 7) is 6.87. The number of furan rings is 1. The molecular formula is C15H21NO3. The van der Waals surface area contributed by atoms with E-state index < -0.39 is 0 Å². The highest BCUT2D eigenvalue weighted by molar-refractivity contribution is 5.02. The number of hydrogen-bond donors (Lipinski definition) is 0. The molecule has 0 spiro atoms. The van der Waals surface area contributed by atoms with Crippen molar-refractivity contribution in [2.24, 2.45) is 0 Å². The van der Waals surface area contributed by atoms with Crippen molar-refractivity contribution in [3.63, 3.8) is 0 Å². The van der Waals surface area contributed by atoms with Crippen molar-refractivity contribution in [1.82, 2.24) is 4.90 Å². The minimum absolute atomic E-state index is 0.162. The van der Waals surface area contributed by atoms with Crippen LogP contribution < -0.4 is 0 Å². The lowest BCUT2D eigenvalue weighted by molar-refractivity contribution is -0.0449. The van der Waals surface area contributed by atoms with Crippen molar-refractivity contribution in [2.45, 2.75) is 37.6 Å². The Kier molecular flexibility index (Phi) is 4.01. The van der Waals surface area contributed by atoms with E-state index in [1.807, 2.05) is 12.1 Å². The summed E-state index contributed by atoms with van der Waals surface area (Å²) in [5, 5.41) is 0. The van der Waals surface area contributed by atoms with Crippen LogP contribution in [-0.2, 0) is 16.0 Å². The molecule has 0 amide bonds. The first kappa shape index (κ1) is 12.9. The second-order valence-corrected chi connectivity index (χ2v) is 5.19. The van der Waals surface area contributed by atoms with Gasteiger partial charge in [0.2, 0.25) is 0 Å². The highest BCUT2D eigenvalue weighted by Crippen LogP contribution is 2.32. The zero-order valence-electron chi connectivity index (χ0n) is 11.2. The van der Waals surface area contributed by atoms with E-state index in [1.165, 1.54) is 0 Å². The lowest BCUT2D eigenvalue weighted by Crippen LogP contribution is -2.42. The van der Waals surface area contributed by atoms with Crippen molar-refractivity contribution < 1.29 is 13.9 Å². The van der Waals surface area contributed by atoms with Gasteiger partial charge in [0.15, 0.2) is 0 Å². The van der Waals surface area contributed by atoms with Crippen molar-refractivity contribution in [1.29, 1.82) is 0 Å². The number of hydrogen-bond acceptors (Lipinski definition) is 4. The molecule has 4 nitrogen and oxygen atoms in total. The van der Waals surface area contributed by atoms with Crippen molar-refractivity contribution >= 4 is 0 Å². The first-order valence-electron chi connectivity index (χ1n) is 6.99. The minimum Gasteiger partial charge on any atom is -0.468 e. The Morgan fingerprint density at radius 3 is 3.21 bits per heavy atom. The second kappa shape index (κ2) is 5.90. The summed E-state index contributed by atoms with van der Waals surface area (Å²) < 4.78 is 17.3. The molecule has 2 heterocycles. The Hall–Kier alpha value is -1.10. The second-order valence-electron chi connectivity index (χ2n) is 5.19. The first-order chi connectivity index (χ1) is 9.38. The molecule has 2 aliphatic rings. The summed E-state index contributed by atoms with van der Waals surface area (Å²) in [6, 6.07) is 4.39. The molecule has 19 heavy (non-hydrogen) atoms. The van der Waals surface area contributed by atoms with Gasteiger partial charge in [-0.3, -0.25) is 4.90 Å². The van der Waals surface area contributed by atoms with E-state index in [9.17, 15) is 0 Å². The molecule has 0 N–H and O–H groups in total. The fraction of sp³-hybridized carbons (Fsp3) is 0.600. The molecule has 1 aromatic heterocycles. The number of fused-ring (bicyclic) bond motifs is 2. The first-order valence-corrected chi connectivity index (χ1v) is 6.99. The van der Waals surface area contributed by atoms with Gasteiger partial charge < -0.3 is 13.9 Å². The Morgan fingerprint density at radius 1 is 1.47 bits per heavy atom. The average molecular weight is 263 g/mol. The van der Waals surface area contributed by atoms with Crippen molar-refractivity contribution in [2.75, 3.05) is 19.8 Å². The Balaban J connectivity index is 1.71. The van der Waals surface area contributed by atoms with Gasteiger partial charge in [0.25, 0.3) is 0 Å². The standard InChI is InChI=1S/C15H21NO3/c1-2-8-19-15-13-5-6-14(15)18-10-7-16(13)11-12-4-3-9-17-12/h2-4,9,13-15H,1,5-8,10-11H2/t13-,14-,15-/m1/s1. The van der Waals surface area contributed by atoms with E-state index >= 15 is 0 Å². The lowest BCUT2D eigenvalue weighted by atomic mass is 10.1. The van der Waals surface area contributed by atoms with Crippen LogP contribution in [0.15, 0.2) is 35.5 Å². The van der Waals surface area contributed by atoms with E-state index in [-0.39, 0.29) is 12.2 Å². The fourth-order valence-electron chi connectivity index (χ4n) is 3.16. The van der Waals surface area contributed by atoms with Gasteiger partial charge >= 0.3 is 0 Å². The third kappa shape index (κ3) is 2.76. The predicted molar refractivity (Wildman–Crippen MR) is 71.8 cm³/mol. The van der Waals surface area contributed by atoms with Crippen LogP contribution >= 0.6 is 0 Å². The van der Waals surface area contributed by atoms with Gasteiger partial charge in [0.1, 0.15) is 5.76 Å². The Labute approximate surface area is 114 Å². The fourth-order valence-corrected chi connectivity index (χ4v) is 3.16. The van der Waals surface area contributed by atoms with Crippen molar-refractivity contribution in [3.8, 4) is 0 Å². The number of rotatable bonds is 5. The van der Waals surface area contributed by atoms with Gasteiger partial charge in [-0.25, -0.2) is 0 Å². The van der Waals surface area contributed by atoms with Gasteiger partial charge in [0.05, 0.1) is 38.2 Å². The topological polar surface area (TPSA) is 34.8 Å². The zero-order chi connectivity index (χ0) is 13.1.